The average Bonchev–Trinajstić information content (AvgIpc) is 2.49. The SMILES string of the molecule is C#CCOC(=O)[C@H](Cc1ccc(OCC#C)cc1)NCl. The third-order valence-electron chi connectivity index (χ3n) is 2.40. The summed E-state index contributed by atoms with van der Waals surface area (Å²) in [6.07, 6.45) is 10.5. The second-order valence-corrected chi connectivity index (χ2v) is 4.03. The molecular weight excluding hydrogens is 278 g/mol. The topological polar surface area (TPSA) is 47.6 Å². The molecule has 1 N–H and O–H groups in total. The van der Waals surface area contributed by atoms with Gasteiger partial charge in [0.05, 0.1) is 0 Å². The van der Waals surface area contributed by atoms with Gasteiger partial charge in [-0.2, -0.15) is 0 Å². The Morgan fingerprint density at radius 3 is 2.45 bits per heavy atom. The Bertz CT molecular complexity index is 513. The molecule has 0 aliphatic heterocycles. The molecule has 0 spiro atoms. The van der Waals surface area contributed by atoms with Crippen LogP contribution in [0.2, 0.25) is 0 Å². The molecule has 0 aliphatic rings. The Hall–Kier alpha value is -2.14. The zero-order valence-corrected chi connectivity index (χ0v) is 11.5. The van der Waals surface area contributed by atoms with E-state index in [1.165, 1.54) is 0 Å². The lowest BCUT2D eigenvalue weighted by atomic mass is 10.1. The van der Waals surface area contributed by atoms with Crippen LogP contribution in [0.3, 0.4) is 0 Å². The van der Waals surface area contributed by atoms with Crippen molar-refractivity contribution in [1.29, 1.82) is 0 Å². The van der Waals surface area contributed by atoms with Crippen LogP contribution >= 0.6 is 11.8 Å². The van der Waals surface area contributed by atoms with Crippen LogP contribution in [0.15, 0.2) is 24.3 Å². The molecule has 0 radical (unpaired) electrons. The number of carbonyl (C=O) groups is 1. The van der Waals surface area contributed by atoms with E-state index >= 15 is 0 Å². The van der Waals surface area contributed by atoms with E-state index in [0.717, 1.165) is 5.56 Å². The minimum atomic E-state index is -0.664. The summed E-state index contributed by atoms with van der Waals surface area (Å²) in [7, 11) is 0. The molecule has 1 rings (SSSR count). The summed E-state index contributed by atoms with van der Waals surface area (Å²) in [4.78, 5) is 14.0. The van der Waals surface area contributed by atoms with E-state index in [-0.39, 0.29) is 13.2 Å². The van der Waals surface area contributed by atoms with Gasteiger partial charge in [0.2, 0.25) is 0 Å². The predicted molar refractivity (Wildman–Crippen MR) is 77.0 cm³/mol. The first-order valence-electron chi connectivity index (χ1n) is 5.82. The highest BCUT2D eigenvalue weighted by atomic mass is 35.5. The van der Waals surface area contributed by atoms with Gasteiger partial charge in [0.1, 0.15) is 18.4 Å². The van der Waals surface area contributed by atoms with Crippen molar-refractivity contribution in [2.75, 3.05) is 13.2 Å². The fourth-order valence-electron chi connectivity index (χ4n) is 1.46. The Kier molecular flexibility index (Phi) is 7.06. The number of hydrogen-bond donors (Lipinski definition) is 1. The lowest BCUT2D eigenvalue weighted by Gasteiger charge is -2.13. The van der Waals surface area contributed by atoms with E-state index < -0.39 is 12.0 Å². The molecule has 0 saturated carbocycles. The quantitative estimate of drug-likeness (QED) is 0.470. The molecule has 1 aromatic rings. The maximum atomic E-state index is 11.6. The van der Waals surface area contributed by atoms with Gasteiger partial charge in [-0.25, -0.2) is 4.84 Å². The summed E-state index contributed by atoms with van der Waals surface area (Å²) in [5.74, 6) is 4.77. The lowest BCUT2D eigenvalue weighted by molar-refractivity contribution is -0.144. The monoisotopic (exact) mass is 291 g/mol. The average molecular weight is 292 g/mol. The highest BCUT2D eigenvalue weighted by molar-refractivity contribution is 6.14. The van der Waals surface area contributed by atoms with Gasteiger partial charge in [-0.3, -0.25) is 4.79 Å². The van der Waals surface area contributed by atoms with Crippen LogP contribution in [0.4, 0.5) is 0 Å². The third kappa shape index (κ3) is 5.24. The largest absolute Gasteiger partial charge is 0.481 e. The summed E-state index contributed by atoms with van der Waals surface area (Å²) >= 11 is 5.54. The Balaban J connectivity index is 2.59. The number of terminal acetylenes is 2. The van der Waals surface area contributed by atoms with Crippen LogP contribution < -0.4 is 9.57 Å². The first-order chi connectivity index (χ1) is 9.71. The van der Waals surface area contributed by atoms with E-state index in [2.05, 4.69) is 16.7 Å². The fraction of sp³-hybridized carbons (Fsp3) is 0.267. The van der Waals surface area contributed by atoms with Crippen molar-refractivity contribution in [1.82, 2.24) is 4.84 Å². The number of hydrogen-bond acceptors (Lipinski definition) is 4. The molecule has 104 valence electrons. The molecule has 0 fully saturated rings. The maximum absolute atomic E-state index is 11.6. The molecule has 1 atom stereocenters. The Morgan fingerprint density at radius 2 is 1.90 bits per heavy atom. The molecule has 0 amide bonds. The van der Waals surface area contributed by atoms with E-state index in [1.54, 1.807) is 12.1 Å². The van der Waals surface area contributed by atoms with Gasteiger partial charge < -0.3 is 9.47 Å². The van der Waals surface area contributed by atoms with Crippen molar-refractivity contribution >= 4 is 17.7 Å². The van der Waals surface area contributed by atoms with Gasteiger partial charge in [-0.15, -0.1) is 12.8 Å². The van der Waals surface area contributed by atoms with Crippen LogP contribution in [-0.4, -0.2) is 25.2 Å². The molecule has 20 heavy (non-hydrogen) atoms. The first kappa shape index (κ1) is 15.9. The van der Waals surface area contributed by atoms with Gasteiger partial charge in [-0.05, 0) is 35.9 Å². The molecule has 0 bridgehead atoms. The number of esters is 1. The van der Waals surface area contributed by atoms with Gasteiger partial charge in [0.25, 0.3) is 0 Å². The summed E-state index contributed by atoms with van der Waals surface area (Å²) < 4.78 is 10.1. The molecule has 0 heterocycles. The summed E-state index contributed by atoms with van der Waals surface area (Å²) in [6.45, 7) is 0.135. The van der Waals surface area contributed by atoms with Crippen LogP contribution in [0.1, 0.15) is 5.56 Å². The van der Waals surface area contributed by atoms with E-state index in [4.69, 9.17) is 34.1 Å². The van der Waals surface area contributed by atoms with Crippen LogP contribution in [0.25, 0.3) is 0 Å². The molecule has 5 heteroatoms. The lowest BCUT2D eigenvalue weighted by Crippen LogP contribution is -2.34. The number of rotatable bonds is 7. The van der Waals surface area contributed by atoms with Crippen molar-refractivity contribution < 1.29 is 14.3 Å². The molecule has 1 aromatic carbocycles. The molecule has 0 saturated heterocycles. The second-order valence-electron chi connectivity index (χ2n) is 3.81. The van der Waals surface area contributed by atoms with Crippen LogP contribution in [0, 0.1) is 24.7 Å². The highest BCUT2D eigenvalue weighted by Crippen LogP contribution is 2.14. The highest BCUT2D eigenvalue weighted by Gasteiger charge is 2.19. The van der Waals surface area contributed by atoms with Crippen molar-refractivity contribution in [3.05, 3.63) is 29.8 Å². The van der Waals surface area contributed by atoms with Crippen LogP contribution in [0.5, 0.6) is 5.75 Å². The maximum Gasteiger partial charge on any atom is 0.325 e. The fourth-order valence-corrected chi connectivity index (χ4v) is 1.63. The zero-order chi connectivity index (χ0) is 14.8. The molecule has 4 nitrogen and oxygen atoms in total. The number of halogens is 1. The normalized spacial score (nSPS) is 10.9. The Morgan fingerprint density at radius 1 is 1.25 bits per heavy atom. The molecule has 0 aromatic heterocycles. The smallest absolute Gasteiger partial charge is 0.325 e. The van der Waals surface area contributed by atoms with E-state index in [9.17, 15) is 4.79 Å². The Labute approximate surface area is 123 Å². The van der Waals surface area contributed by atoms with Crippen molar-refractivity contribution in [2.45, 2.75) is 12.5 Å². The molecule has 0 unspecified atom stereocenters. The minimum absolute atomic E-state index is 0.0766. The predicted octanol–water partition coefficient (Wildman–Crippen LogP) is 1.53. The van der Waals surface area contributed by atoms with E-state index in [1.807, 2.05) is 12.1 Å². The number of carbonyl (C=O) groups excluding carboxylic acids is 1. The van der Waals surface area contributed by atoms with E-state index in [0.29, 0.717) is 12.2 Å². The van der Waals surface area contributed by atoms with Crippen molar-refractivity contribution in [2.24, 2.45) is 0 Å². The zero-order valence-electron chi connectivity index (χ0n) is 10.8. The van der Waals surface area contributed by atoms with Gasteiger partial charge in [-0.1, -0.05) is 24.0 Å². The van der Waals surface area contributed by atoms with Gasteiger partial charge in [0.15, 0.2) is 6.61 Å². The number of nitrogens with one attached hydrogen (secondary N) is 1. The molecule has 0 aliphatic carbocycles. The van der Waals surface area contributed by atoms with Crippen molar-refractivity contribution in [3.63, 3.8) is 0 Å². The third-order valence-corrected chi connectivity index (χ3v) is 2.66. The summed E-state index contributed by atoms with van der Waals surface area (Å²) in [6, 6.07) is 6.51. The first-order valence-corrected chi connectivity index (χ1v) is 6.20. The number of ether oxygens (including phenoxy) is 2. The number of benzene rings is 1. The summed E-state index contributed by atoms with van der Waals surface area (Å²) in [5.41, 5.74) is 0.897. The van der Waals surface area contributed by atoms with Gasteiger partial charge >= 0.3 is 5.97 Å². The van der Waals surface area contributed by atoms with Crippen molar-refractivity contribution in [3.8, 4) is 30.4 Å². The van der Waals surface area contributed by atoms with Gasteiger partial charge in [0, 0.05) is 0 Å². The molecular formula is C15H14ClNO3. The summed E-state index contributed by atoms with van der Waals surface area (Å²) in [5, 5.41) is 0. The minimum Gasteiger partial charge on any atom is -0.481 e. The van der Waals surface area contributed by atoms with Crippen LogP contribution in [-0.2, 0) is 16.0 Å². The second kappa shape index (κ2) is 8.87. The standard InChI is InChI=1S/C15H14ClNO3/c1-3-9-19-13-7-5-12(6-8-13)11-14(17-16)15(18)20-10-4-2/h1-2,5-8,14,17H,9-11H2/t14-/m0/s1.